The summed E-state index contributed by atoms with van der Waals surface area (Å²) in [7, 11) is 0. The number of halogens is 1. The van der Waals surface area contributed by atoms with E-state index in [0.29, 0.717) is 11.3 Å². The Morgan fingerprint density at radius 2 is 2.16 bits per heavy atom. The minimum Gasteiger partial charge on any atom is -0.478 e. The fourth-order valence-electron chi connectivity index (χ4n) is 1.34. The van der Waals surface area contributed by atoms with Crippen molar-refractivity contribution < 1.29 is 14.6 Å². The summed E-state index contributed by atoms with van der Waals surface area (Å²) in [6.45, 7) is 0. The van der Waals surface area contributed by atoms with Crippen LogP contribution in [-0.4, -0.2) is 16.1 Å². The topological polar surface area (TPSA) is 83.2 Å². The Labute approximate surface area is 113 Å². The normalized spacial score (nSPS) is 9.68. The number of rotatable bonds is 3. The quantitative estimate of drug-likeness (QED) is 0.930. The Kier molecular flexibility index (Phi) is 3.64. The lowest BCUT2D eigenvalue weighted by Crippen LogP contribution is -1.96. The molecule has 0 bridgehead atoms. The molecular formula is C13H7ClN2O3. The fraction of sp³-hybridized carbons (Fsp3) is 0. The molecule has 94 valence electrons. The molecule has 0 radical (unpaired) electrons. The predicted octanol–water partition coefficient (Wildman–Crippen LogP) is 3.10. The van der Waals surface area contributed by atoms with Gasteiger partial charge < -0.3 is 9.84 Å². The van der Waals surface area contributed by atoms with E-state index in [0.717, 1.165) is 0 Å². The number of carboxylic acids is 1. The lowest BCUT2D eigenvalue weighted by atomic mass is 10.2. The number of carboxylic acid groups (broad SMARTS) is 1. The Bertz CT molecular complexity index is 663. The smallest absolute Gasteiger partial charge is 0.335 e. The first kappa shape index (κ1) is 12.9. The molecule has 2 aromatic rings. The molecule has 0 aliphatic carbocycles. The Morgan fingerprint density at radius 3 is 2.68 bits per heavy atom. The van der Waals surface area contributed by atoms with Crippen molar-refractivity contribution in [3.8, 4) is 17.7 Å². The summed E-state index contributed by atoms with van der Waals surface area (Å²) >= 11 is 5.91. The van der Waals surface area contributed by atoms with Gasteiger partial charge in [-0.1, -0.05) is 11.6 Å². The maximum Gasteiger partial charge on any atom is 0.335 e. The molecule has 1 aromatic carbocycles. The molecule has 6 heteroatoms. The molecule has 0 amide bonds. The van der Waals surface area contributed by atoms with Crippen LogP contribution in [0.25, 0.3) is 0 Å². The van der Waals surface area contributed by atoms with Gasteiger partial charge in [0.2, 0.25) is 5.88 Å². The molecule has 1 heterocycles. The average Bonchev–Trinajstić information content (AvgIpc) is 2.41. The zero-order valence-electron chi connectivity index (χ0n) is 9.50. The Hall–Kier alpha value is -2.58. The summed E-state index contributed by atoms with van der Waals surface area (Å²) in [4.78, 5) is 14.7. The SMILES string of the molecule is N#Cc1ccc(Oc2ccc(C(=O)O)cc2Cl)nc1. The molecule has 5 nitrogen and oxygen atoms in total. The fourth-order valence-corrected chi connectivity index (χ4v) is 1.56. The monoisotopic (exact) mass is 274 g/mol. The Balaban J connectivity index is 2.23. The third kappa shape index (κ3) is 3.00. The second-order valence-electron chi connectivity index (χ2n) is 3.55. The van der Waals surface area contributed by atoms with Crippen molar-refractivity contribution in [1.29, 1.82) is 5.26 Å². The molecule has 19 heavy (non-hydrogen) atoms. The van der Waals surface area contributed by atoms with Gasteiger partial charge in [0.15, 0.2) is 0 Å². The van der Waals surface area contributed by atoms with Crippen LogP contribution in [0.5, 0.6) is 11.6 Å². The molecule has 2 rings (SSSR count). The summed E-state index contributed by atoms with van der Waals surface area (Å²) in [5.74, 6) is -0.502. The van der Waals surface area contributed by atoms with Gasteiger partial charge in [-0.2, -0.15) is 5.26 Å². The minimum absolute atomic E-state index is 0.0742. The molecule has 0 saturated heterocycles. The van der Waals surface area contributed by atoms with Crippen LogP contribution in [-0.2, 0) is 0 Å². The first-order chi connectivity index (χ1) is 9.10. The van der Waals surface area contributed by atoms with Crippen LogP contribution in [0.4, 0.5) is 0 Å². The lowest BCUT2D eigenvalue weighted by Gasteiger charge is -2.07. The molecule has 0 fully saturated rings. The molecule has 1 N–H and O–H groups in total. The van der Waals surface area contributed by atoms with Gasteiger partial charge in [0, 0.05) is 12.3 Å². The molecule has 0 atom stereocenters. The van der Waals surface area contributed by atoms with Gasteiger partial charge in [0.05, 0.1) is 16.1 Å². The maximum atomic E-state index is 10.8. The van der Waals surface area contributed by atoms with Crippen molar-refractivity contribution in [2.24, 2.45) is 0 Å². The molecule has 0 saturated carbocycles. The standard InChI is InChI=1S/C13H7ClN2O3/c14-10-5-9(13(17)18)2-3-11(10)19-12-4-1-8(6-15)7-16-12/h1-5,7H,(H,17,18). The van der Waals surface area contributed by atoms with Gasteiger partial charge >= 0.3 is 5.97 Å². The number of benzene rings is 1. The molecule has 0 aliphatic rings. The molecule has 0 unspecified atom stereocenters. The van der Waals surface area contributed by atoms with E-state index in [2.05, 4.69) is 4.98 Å². The summed E-state index contributed by atoms with van der Waals surface area (Å²) in [6.07, 6.45) is 1.37. The average molecular weight is 275 g/mol. The molecular weight excluding hydrogens is 268 g/mol. The third-order valence-corrected chi connectivity index (χ3v) is 2.55. The number of pyridine rings is 1. The van der Waals surface area contributed by atoms with Crippen molar-refractivity contribution in [1.82, 2.24) is 4.98 Å². The number of nitrogens with zero attached hydrogens (tertiary/aromatic N) is 2. The van der Waals surface area contributed by atoms with Gasteiger partial charge in [0.25, 0.3) is 0 Å². The van der Waals surface area contributed by atoms with Crippen LogP contribution in [0.2, 0.25) is 5.02 Å². The highest BCUT2D eigenvalue weighted by Gasteiger charge is 2.09. The first-order valence-electron chi connectivity index (χ1n) is 5.17. The highest BCUT2D eigenvalue weighted by Crippen LogP contribution is 2.29. The molecule has 0 spiro atoms. The second kappa shape index (κ2) is 5.38. The zero-order chi connectivity index (χ0) is 13.8. The van der Waals surface area contributed by atoms with Crippen molar-refractivity contribution in [3.63, 3.8) is 0 Å². The van der Waals surface area contributed by atoms with E-state index in [9.17, 15) is 4.79 Å². The van der Waals surface area contributed by atoms with Gasteiger partial charge in [-0.3, -0.25) is 0 Å². The number of hydrogen-bond acceptors (Lipinski definition) is 4. The summed E-state index contributed by atoms with van der Waals surface area (Å²) in [5, 5.41) is 17.6. The van der Waals surface area contributed by atoms with Crippen molar-refractivity contribution in [2.75, 3.05) is 0 Å². The second-order valence-corrected chi connectivity index (χ2v) is 3.96. The van der Waals surface area contributed by atoms with Crippen LogP contribution in [0.15, 0.2) is 36.5 Å². The van der Waals surface area contributed by atoms with Crippen molar-refractivity contribution in [3.05, 3.63) is 52.7 Å². The number of hydrogen-bond donors (Lipinski definition) is 1. The van der Waals surface area contributed by atoms with E-state index < -0.39 is 5.97 Å². The highest BCUT2D eigenvalue weighted by molar-refractivity contribution is 6.32. The van der Waals surface area contributed by atoms with Gasteiger partial charge in [-0.25, -0.2) is 9.78 Å². The minimum atomic E-state index is -1.06. The molecule has 0 aliphatic heterocycles. The predicted molar refractivity (Wildman–Crippen MR) is 67.4 cm³/mol. The summed E-state index contributed by atoms with van der Waals surface area (Å²) in [6, 6.07) is 9.15. The van der Waals surface area contributed by atoms with Crippen LogP contribution >= 0.6 is 11.6 Å². The van der Waals surface area contributed by atoms with E-state index in [4.69, 9.17) is 26.7 Å². The number of carbonyl (C=O) groups is 1. The number of ether oxygens (including phenoxy) is 1. The number of aromatic nitrogens is 1. The van der Waals surface area contributed by atoms with Gasteiger partial charge in [-0.15, -0.1) is 0 Å². The van der Waals surface area contributed by atoms with Crippen LogP contribution in [0.1, 0.15) is 15.9 Å². The Morgan fingerprint density at radius 1 is 1.37 bits per heavy atom. The van der Waals surface area contributed by atoms with E-state index >= 15 is 0 Å². The molecule has 1 aromatic heterocycles. The van der Waals surface area contributed by atoms with E-state index in [-0.39, 0.29) is 16.5 Å². The van der Waals surface area contributed by atoms with Crippen LogP contribution in [0, 0.1) is 11.3 Å². The maximum absolute atomic E-state index is 10.8. The van der Waals surface area contributed by atoms with Crippen molar-refractivity contribution in [2.45, 2.75) is 0 Å². The van der Waals surface area contributed by atoms with Crippen LogP contribution < -0.4 is 4.74 Å². The largest absolute Gasteiger partial charge is 0.478 e. The van der Waals surface area contributed by atoms with Crippen molar-refractivity contribution >= 4 is 17.6 Å². The first-order valence-corrected chi connectivity index (χ1v) is 5.55. The summed E-state index contributed by atoms with van der Waals surface area (Å²) in [5.41, 5.74) is 0.491. The van der Waals surface area contributed by atoms with E-state index in [1.807, 2.05) is 6.07 Å². The third-order valence-electron chi connectivity index (χ3n) is 2.26. The van der Waals surface area contributed by atoms with E-state index in [1.54, 1.807) is 6.07 Å². The van der Waals surface area contributed by atoms with Gasteiger partial charge in [0.1, 0.15) is 11.8 Å². The van der Waals surface area contributed by atoms with E-state index in [1.165, 1.54) is 30.5 Å². The van der Waals surface area contributed by atoms with Gasteiger partial charge in [-0.05, 0) is 24.3 Å². The number of nitriles is 1. The zero-order valence-corrected chi connectivity index (χ0v) is 10.3. The van der Waals surface area contributed by atoms with Crippen LogP contribution in [0.3, 0.4) is 0 Å². The lowest BCUT2D eigenvalue weighted by molar-refractivity contribution is 0.0697. The summed E-state index contributed by atoms with van der Waals surface area (Å²) < 4.78 is 5.40. The number of aromatic carboxylic acids is 1. The highest BCUT2D eigenvalue weighted by atomic mass is 35.5.